The normalized spacial score (nSPS) is 17.1. The SMILES string of the molecule is O=C(CCc1ccc(S(=O)(=O)NC2CC2)cc1)NCCc1ccc(S(=O)(=O)N2CCCC2)cc1. The molecule has 34 heavy (non-hydrogen) atoms. The topological polar surface area (TPSA) is 113 Å². The summed E-state index contributed by atoms with van der Waals surface area (Å²) in [5, 5.41) is 2.88. The minimum Gasteiger partial charge on any atom is -0.356 e. The molecule has 1 heterocycles. The Morgan fingerprint density at radius 2 is 1.38 bits per heavy atom. The first-order chi connectivity index (χ1) is 16.2. The number of carbonyl (C=O) groups is 1. The molecule has 2 aromatic carbocycles. The van der Waals surface area contributed by atoms with E-state index in [0.29, 0.717) is 43.8 Å². The smallest absolute Gasteiger partial charge is 0.243 e. The minimum atomic E-state index is -3.46. The van der Waals surface area contributed by atoms with Gasteiger partial charge in [-0.25, -0.2) is 21.6 Å². The van der Waals surface area contributed by atoms with E-state index in [-0.39, 0.29) is 16.8 Å². The summed E-state index contributed by atoms with van der Waals surface area (Å²) in [6.07, 6.45) is 5.02. The molecule has 1 saturated carbocycles. The Labute approximate surface area is 201 Å². The number of benzene rings is 2. The Morgan fingerprint density at radius 1 is 0.824 bits per heavy atom. The molecule has 2 aliphatic rings. The number of aryl methyl sites for hydroxylation is 1. The molecule has 0 aromatic heterocycles. The van der Waals surface area contributed by atoms with Gasteiger partial charge in [-0.3, -0.25) is 4.79 Å². The van der Waals surface area contributed by atoms with Crippen LogP contribution in [0.25, 0.3) is 0 Å². The number of rotatable bonds is 11. The summed E-state index contributed by atoms with van der Waals surface area (Å²) in [6, 6.07) is 13.6. The highest BCUT2D eigenvalue weighted by Crippen LogP contribution is 2.23. The van der Waals surface area contributed by atoms with Crippen molar-refractivity contribution in [2.75, 3.05) is 19.6 Å². The van der Waals surface area contributed by atoms with E-state index in [9.17, 15) is 21.6 Å². The number of nitrogens with zero attached hydrogens (tertiary/aromatic N) is 1. The first-order valence-corrected chi connectivity index (χ1v) is 14.6. The van der Waals surface area contributed by atoms with Gasteiger partial charge in [-0.15, -0.1) is 0 Å². The van der Waals surface area contributed by atoms with E-state index in [1.807, 2.05) is 0 Å². The number of carbonyl (C=O) groups excluding carboxylic acids is 1. The van der Waals surface area contributed by atoms with Crippen LogP contribution in [0.1, 0.15) is 43.2 Å². The third-order valence-electron chi connectivity index (χ3n) is 6.14. The van der Waals surface area contributed by atoms with Gasteiger partial charge in [0.25, 0.3) is 0 Å². The van der Waals surface area contributed by atoms with Gasteiger partial charge >= 0.3 is 0 Å². The van der Waals surface area contributed by atoms with Crippen molar-refractivity contribution in [1.29, 1.82) is 0 Å². The molecule has 2 N–H and O–H groups in total. The zero-order valence-electron chi connectivity index (χ0n) is 19.1. The molecule has 2 fully saturated rings. The summed E-state index contributed by atoms with van der Waals surface area (Å²) in [5.74, 6) is -0.0830. The Hall–Kier alpha value is -2.27. The second-order valence-electron chi connectivity index (χ2n) is 8.89. The standard InChI is InChI=1S/C24H31N3O5S2/c28-24(14-7-19-3-10-22(11-4-19)33(29,30)26-21-8-9-21)25-16-15-20-5-12-23(13-6-20)34(31,32)27-17-1-2-18-27/h3-6,10-13,21,26H,1-2,7-9,14-18H2,(H,25,28). The van der Waals surface area contributed by atoms with Crippen LogP contribution in [-0.2, 0) is 37.7 Å². The van der Waals surface area contributed by atoms with Gasteiger partial charge in [-0.1, -0.05) is 24.3 Å². The Morgan fingerprint density at radius 3 is 1.97 bits per heavy atom. The van der Waals surface area contributed by atoms with E-state index in [4.69, 9.17) is 0 Å². The largest absolute Gasteiger partial charge is 0.356 e. The third kappa shape index (κ3) is 6.44. The monoisotopic (exact) mass is 505 g/mol. The van der Waals surface area contributed by atoms with Crippen LogP contribution in [0.5, 0.6) is 0 Å². The van der Waals surface area contributed by atoms with E-state index in [0.717, 1.165) is 36.8 Å². The fourth-order valence-corrected chi connectivity index (χ4v) is 6.74. The highest BCUT2D eigenvalue weighted by atomic mass is 32.2. The lowest BCUT2D eigenvalue weighted by Crippen LogP contribution is -2.28. The quantitative estimate of drug-likeness (QED) is 0.486. The van der Waals surface area contributed by atoms with Crippen LogP contribution in [0.2, 0.25) is 0 Å². The lowest BCUT2D eigenvalue weighted by atomic mass is 10.1. The van der Waals surface area contributed by atoms with E-state index < -0.39 is 20.0 Å². The van der Waals surface area contributed by atoms with Crippen molar-refractivity contribution in [2.24, 2.45) is 0 Å². The summed E-state index contributed by atoms with van der Waals surface area (Å²) in [6.45, 7) is 1.62. The molecule has 0 bridgehead atoms. The van der Waals surface area contributed by atoms with E-state index in [1.165, 1.54) is 4.31 Å². The van der Waals surface area contributed by atoms with Crippen molar-refractivity contribution in [3.63, 3.8) is 0 Å². The van der Waals surface area contributed by atoms with Gasteiger partial charge in [-0.05, 0) is 73.9 Å². The molecule has 1 amide bonds. The summed E-state index contributed by atoms with van der Waals surface area (Å²) >= 11 is 0. The van der Waals surface area contributed by atoms with Crippen molar-refractivity contribution in [2.45, 2.75) is 60.8 Å². The van der Waals surface area contributed by atoms with Gasteiger partial charge in [0.1, 0.15) is 0 Å². The third-order valence-corrected chi connectivity index (χ3v) is 9.58. The molecule has 10 heteroatoms. The van der Waals surface area contributed by atoms with Crippen LogP contribution >= 0.6 is 0 Å². The maximum Gasteiger partial charge on any atom is 0.243 e. The van der Waals surface area contributed by atoms with Gasteiger partial charge in [0, 0.05) is 32.1 Å². The lowest BCUT2D eigenvalue weighted by Gasteiger charge is -2.15. The fraction of sp³-hybridized carbons (Fsp3) is 0.458. The predicted molar refractivity (Wildman–Crippen MR) is 129 cm³/mol. The molecule has 2 aromatic rings. The first kappa shape index (κ1) is 24.8. The Kier molecular flexibility index (Phi) is 7.71. The lowest BCUT2D eigenvalue weighted by molar-refractivity contribution is -0.121. The van der Waals surface area contributed by atoms with Crippen molar-refractivity contribution in [1.82, 2.24) is 14.3 Å². The van der Waals surface area contributed by atoms with Crippen molar-refractivity contribution in [3.8, 4) is 0 Å². The summed E-state index contributed by atoms with van der Waals surface area (Å²) in [7, 11) is -6.87. The highest BCUT2D eigenvalue weighted by molar-refractivity contribution is 7.89. The van der Waals surface area contributed by atoms with Crippen LogP contribution < -0.4 is 10.0 Å². The fourth-order valence-electron chi connectivity index (χ4n) is 3.92. The minimum absolute atomic E-state index is 0.0641. The van der Waals surface area contributed by atoms with Gasteiger partial charge < -0.3 is 5.32 Å². The van der Waals surface area contributed by atoms with Gasteiger partial charge in [0.15, 0.2) is 0 Å². The van der Waals surface area contributed by atoms with Crippen molar-refractivity contribution >= 4 is 26.0 Å². The second kappa shape index (κ2) is 10.6. The molecular formula is C24H31N3O5S2. The molecule has 0 unspecified atom stereocenters. The second-order valence-corrected chi connectivity index (χ2v) is 12.5. The predicted octanol–water partition coefficient (Wildman–Crippen LogP) is 2.20. The van der Waals surface area contributed by atoms with Gasteiger partial charge in [-0.2, -0.15) is 4.31 Å². The van der Waals surface area contributed by atoms with Crippen LogP contribution in [0.15, 0.2) is 58.3 Å². The van der Waals surface area contributed by atoms with Gasteiger partial charge in [0.05, 0.1) is 9.79 Å². The molecule has 8 nitrogen and oxygen atoms in total. The van der Waals surface area contributed by atoms with Gasteiger partial charge in [0.2, 0.25) is 26.0 Å². The summed E-state index contributed by atoms with van der Waals surface area (Å²) < 4.78 is 53.8. The van der Waals surface area contributed by atoms with E-state index in [1.54, 1.807) is 48.5 Å². The molecule has 0 atom stereocenters. The number of amides is 1. The first-order valence-electron chi connectivity index (χ1n) is 11.7. The van der Waals surface area contributed by atoms with Crippen molar-refractivity contribution in [3.05, 3.63) is 59.7 Å². The average Bonchev–Trinajstić information content (AvgIpc) is 3.43. The molecule has 1 aliphatic carbocycles. The summed E-state index contributed by atoms with van der Waals surface area (Å²) in [5.41, 5.74) is 1.85. The molecule has 0 radical (unpaired) electrons. The number of hydrogen-bond acceptors (Lipinski definition) is 5. The van der Waals surface area contributed by atoms with Crippen LogP contribution in [0.4, 0.5) is 0 Å². The Balaban J connectivity index is 1.19. The number of sulfonamides is 2. The average molecular weight is 506 g/mol. The zero-order chi connectivity index (χ0) is 24.2. The summed E-state index contributed by atoms with van der Waals surface area (Å²) in [4.78, 5) is 12.7. The maximum absolute atomic E-state index is 12.6. The van der Waals surface area contributed by atoms with Crippen LogP contribution in [-0.4, -0.2) is 52.7 Å². The Bertz CT molecular complexity index is 1200. The molecule has 4 rings (SSSR count). The maximum atomic E-state index is 12.6. The molecule has 1 saturated heterocycles. The highest BCUT2D eigenvalue weighted by Gasteiger charge is 2.28. The van der Waals surface area contributed by atoms with E-state index in [2.05, 4.69) is 10.0 Å². The molecule has 0 spiro atoms. The molecular weight excluding hydrogens is 474 g/mol. The molecule has 184 valence electrons. The number of nitrogens with one attached hydrogen (secondary N) is 2. The van der Waals surface area contributed by atoms with Crippen LogP contribution in [0, 0.1) is 0 Å². The van der Waals surface area contributed by atoms with Crippen LogP contribution in [0.3, 0.4) is 0 Å². The van der Waals surface area contributed by atoms with Crippen molar-refractivity contribution < 1.29 is 21.6 Å². The number of hydrogen-bond donors (Lipinski definition) is 2. The van der Waals surface area contributed by atoms with E-state index >= 15 is 0 Å². The zero-order valence-corrected chi connectivity index (χ0v) is 20.7. The molecule has 1 aliphatic heterocycles.